The molecule has 2 rings (SSSR count). The molecule has 0 atom stereocenters. The summed E-state index contributed by atoms with van der Waals surface area (Å²) in [6.07, 6.45) is 0. The Bertz CT molecular complexity index is 514. The maximum atomic E-state index is 9.66. The third kappa shape index (κ3) is 3.85. The Labute approximate surface area is 134 Å². The first kappa shape index (κ1) is 15.8. The Kier molecular flexibility index (Phi) is 5.92. The number of hydrogen-bond donors (Lipinski definition) is 2. The third-order valence-corrected chi connectivity index (χ3v) is 3.63. The molecule has 2 aromatic rings. The van der Waals surface area contributed by atoms with E-state index in [2.05, 4.69) is 0 Å². The molecule has 0 amide bonds. The number of halogens is 2. The van der Waals surface area contributed by atoms with E-state index >= 15 is 0 Å². The van der Waals surface area contributed by atoms with Crippen molar-refractivity contribution >= 4 is 35.0 Å². The standard InChI is InChI=1S/C12H8Cl2O2S.Ag/c13-7-1-3-9(15)11(5-7)17-12-6-8(14)2-4-10(12)16;/h1-6,15-16H;. The predicted molar refractivity (Wildman–Crippen MR) is 70.4 cm³/mol. The topological polar surface area (TPSA) is 40.5 Å². The summed E-state index contributed by atoms with van der Waals surface area (Å²) in [5.74, 6) is 0.220. The van der Waals surface area contributed by atoms with Gasteiger partial charge in [0, 0.05) is 32.4 Å². The average molecular weight is 395 g/mol. The molecule has 0 fully saturated rings. The van der Waals surface area contributed by atoms with Gasteiger partial charge in [-0.25, -0.2) is 0 Å². The zero-order chi connectivity index (χ0) is 12.4. The largest absolute Gasteiger partial charge is 0.507 e. The minimum Gasteiger partial charge on any atom is -0.507 e. The van der Waals surface area contributed by atoms with Crippen LogP contribution in [0, 0.1) is 0 Å². The zero-order valence-electron chi connectivity index (χ0n) is 8.82. The second kappa shape index (κ2) is 6.75. The van der Waals surface area contributed by atoms with Gasteiger partial charge in [0.15, 0.2) is 0 Å². The maximum absolute atomic E-state index is 9.66. The molecular weight excluding hydrogens is 387 g/mol. The van der Waals surface area contributed by atoms with E-state index < -0.39 is 0 Å². The van der Waals surface area contributed by atoms with Crippen LogP contribution >= 0.6 is 35.0 Å². The van der Waals surface area contributed by atoms with E-state index in [1.54, 1.807) is 24.3 Å². The zero-order valence-corrected chi connectivity index (χ0v) is 12.6. The molecule has 0 unspecified atom stereocenters. The number of phenols is 2. The molecule has 6 heteroatoms. The minimum atomic E-state index is 0. The molecule has 2 N–H and O–H groups in total. The van der Waals surface area contributed by atoms with Crippen LogP contribution in [0.1, 0.15) is 0 Å². The van der Waals surface area contributed by atoms with Crippen molar-refractivity contribution in [3.8, 4) is 11.5 Å². The number of benzene rings is 2. The van der Waals surface area contributed by atoms with Gasteiger partial charge >= 0.3 is 0 Å². The molecule has 2 aromatic carbocycles. The van der Waals surface area contributed by atoms with E-state index in [4.69, 9.17) is 23.2 Å². The molecule has 1 radical (unpaired) electrons. The van der Waals surface area contributed by atoms with Gasteiger partial charge in [0.05, 0.1) is 9.79 Å². The van der Waals surface area contributed by atoms with Crippen LogP contribution in [-0.2, 0) is 22.4 Å². The Balaban J connectivity index is 0.00000162. The first-order valence-electron chi connectivity index (χ1n) is 4.71. The summed E-state index contributed by atoms with van der Waals surface area (Å²) in [7, 11) is 0. The first-order valence-corrected chi connectivity index (χ1v) is 6.28. The van der Waals surface area contributed by atoms with E-state index in [1.165, 1.54) is 23.9 Å². The fourth-order valence-electron chi connectivity index (χ4n) is 1.26. The van der Waals surface area contributed by atoms with Crippen LogP contribution in [0.4, 0.5) is 0 Å². The number of phenolic OH excluding ortho intramolecular Hbond substituents is 2. The molecule has 0 bridgehead atoms. The molecule has 0 aliphatic heterocycles. The van der Waals surface area contributed by atoms with Gasteiger partial charge in [-0.2, -0.15) is 0 Å². The molecule has 0 saturated carbocycles. The van der Waals surface area contributed by atoms with Crippen molar-refractivity contribution in [1.82, 2.24) is 0 Å². The van der Waals surface area contributed by atoms with E-state index in [1.807, 2.05) is 0 Å². The molecule has 0 aliphatic carbocycles. The summed E-state index contributed by atoms with van der Waals surface area (Å²) >= 11 is 12.9. The molecule has 0 heterocycles. The van der Waals surface area contributed by atoms with E-state index in [0.29, 0.717) is 19.8 Å². The van der Waals surface area contributed by atoms with Crippen molar-refractivity contribution in [2.24, 2.45) is 0 Å². The normalized spacial score (nSPS) is 9.89. The van der Waals surface area contributed by atoms with Crippen LogP contribution in [0.5, 0.6) is 11.5 Å². The molecule has 0 aromatic heterocycles. The smallest absolute Gasteiger partial charge is 0.129 e. The molecule has 0 saturated heterocycles. The van der Waals surface area contributed by atoms with Gasteiger partial charge in [0.25, 0.3) is 0 Å². The number of rotatable bonds is 2. The summed E-state index contributed by atoms with van der Waals surface area (Å²) < 4.78 is 0. The van der Waals surface area contributed by atoms with Gasteiger partial charge in [-0.05, 0) is 36.4 Å². The summed E-state index contributed by atoms with van der Waals surface area (Å²) in [6.45, 7) is 0. The van der Waals surface area contributed by atoms with Crippen LogP contribution in [0.15, 0.2) is 46.2 Å². The number of aromatic hydroxyl groups is 2. The molecule has 0 spiro atoms. The summed E-state index contributed by atoms with van der Waals surface area (Å²) in [5.41, 5.74) is 0. The number of hydrogen-bond acceptors (Lipinski definition) is 3. The van der Waals surface area contributed by atoms with Crippen LogP contribution in [0.3, 0.4) is 0 Å². The molecule has 99 valence electrons. The SMILES string of the molecule is Oc1ccc(Cl)cc1Sc1cc(Cl)ccc1O.[Ag]. The van der Waals surface area contributed by atoms with Crippen molar-refractivity contribution in [3.63, 3.8) is 0 Å². The van der Waals surface area contributed by atoms with E-state index in [9.17, 15) is 10.2 Å². The Hall–Kier alpha value is -0.290. The first-order chi connectivity index (χ1) is 8.06. The summed E-state index contributed by atoms with van der Waals surface area (Å²) in [6, 6.07) is 9.46. The van der Waals surface area contributed by atoms with Crippen molar-refractivity contribution in [1.29, 1.82) is 0 Å². The summed E-state index contributed by atoms with van der Waals surface area (Å²) in [5, 5.41) is 20.4. The molecule has 0 aliphatic rings. The van der Waals surface area contributed by atoms with Gasteiger partial charge in [-0.1, -0.05) is 35.0 Å². The van der Waals surface area contributed by atoms with Crippen LogP contribution in [-0.4, -0.2) is 10.2 Å². The minimum absolute atomic E-state index is 0. The van der Waals surface area contributed by atoms with Gasteiger partial charge in [0.1, 0.15) is 11.5 Å². The quantitative estimate of drug-likeness (QED) is 0.734. The molecular formula is C12H8AgCl2O2S. The van der Waals surface area contributed by atoms with Gasteiger partial charge in [-0.3, -0.25) is 0 Å². The van der Waals surface area contributed by atoms with Gasteiger partial charge in [0.2, 0.25) is 0 Å². The Morgan fingerprint density at radius 3 is 1.56 bits per heavy atom. The fourth-order valence-corrected chi connectivity index (χ4v) is 2.69. The van der Waals surface area contributed by atoms with Crippen molar-refractivity contribution in [2.75, 3.05) is 0 Å². The van der Waals surface area contributed by atoms with E-state index in [-0.39, 0.29) is 33.9 Å². The van der Waals surface area contributed by atoms with Gasteiger partial charge in [-0.15, -0.1) is 0 Å². The van der Waals surface area contributed by atoms with Crippen molar-refractivity contribution in [2.45, 2.75) is 9.79 Å². The van der Waals surface area contributed by atoms with Gasteiger partial charge < -0.3 is 10.2 Å². The average Bonchev–Trinajstić information content (AvgIpc) is 2.28. The fraction of sp³-hybridized carbons (Fsp3) is 0. The van der Waals surface area contributed by atoms with Crippen LogP contribution in [0.25, 0.3) is 0 Å². The van der Waals surface area contributed by atoms with Crippen molar-refractivity contribution in [3.05, 3.63) is 46.4 Å². The second-order valence-electron chi connectivity index (χ2n) is 3.33. The Morgan fingerprint density at radius 2 is 1.17 bits per heavy atom. The summed E-state index contributed by atoms with van der Waals surface area (Å²) in [4.78, 5) is 1.13. The predicted octanol–water partition coefficient (Wildman–Crippen LogP) is 4.55. The second-order valence-corrected chi connectivity index (χ2v) is 5.28. The molecule has 18 heavy (non-hydrogen) atoms. The van der Waals surface area contributed by atoms with Crippen molar-refractivity contribution < 1.29 is 32.6 Å². The maximum Gasteiger partial charge on any atom is 0.129 e. The third-order valence-electron chi connectivity index (χ3n) is 2.06. The van der Waals surface area contributed by atoms with E-state index in [0.717, 1.165) is 0 Å². The van der Waals surface area contributed by atoms with Crippen LogP contribution < -0.4 is 0 Å². The Morgan fingerprint density at radius 1 is 0.778 bits per heavy atom. The monoisotopic (exact) mass is 393 g/mol. The molecule has 2 nitrogen and oxygen atoms in total. The van der Waals surface area contributed by atoms with Crippen LogP contribution in [0.2, 0.25) is 10.0 Å².